The molecular weight excluding hydrogens is 276 g/mol. The van der Waals surface area contributed by atoms with E-state index in [-0.39, 0.29) is 30.0 Å². The summed E-state index contributed by atoms with van der Waals surface area (Å²) in [4.78, 5) is 11.7. The van der Waals surface area contributed by atoms with Crippen LogP contribution >= 0.6 is 0 Å². The van der Waals surface area contributed by atoms with E-state index in [9.17, 15) is 9.90 Å². The molecular formula is C18H26N2O2. The van der Waals surface area contributed by atoms with Crippen molar-refractivity contribution in [2.75, 3.05) is 5.32 Å². The van der Waals surface area contributed by atoms with Gasteiger partial charge in [-0.3, -0.25) is 4.79 Å². The Bertz CT molecular complexity index is 510. The van der Waals surface area contributed by atoms with E-state index >= 15 is 0 Å². The van der Waals surface area contributed by atoms with Gasteiger partial charge in [-0.15, -0.1) is 0 Å². The summed E-state index contributed by atoms with van der Waals surface area (Å²) < 4.78 is 0. The van der Waals surface area contributed by atoms with Gasteiger partial charge in [0.05, 0.1) is 6.10 Å². The molecule has 0 spiro atoms. The first-order valence-electron chi connectivity index (χ1n) is 8.48. The number of carbonyl (C=O) groups excluding carboxylic acids is 1. The second kappa shape index (κ2) is 6.80. The standard InChI is InChI=1S/C18H26N2O2/c1-12(19-16-4-2-3-5-17(16)21)13-8-10-15(11-9-13)20-18(22)14-6-7-14/h8-12,14,16-17,19,21H,2-7H2,1H3,(H,20,22)/t12-,16-,17+/m0/s1. The van der Waals surface area contributed by atoms with Crippen LogP contribution in [0.2, 0.25) is 0 Å². The molecule has 3 atom stereocenters. The molecule has 3 rings (SSSR count). The van der Waals surface area contributed by atoms with Crippen molar-refractivity contribution in [2.45, 2.75) is 63.6 Å². The predicted octanol–water partition coefficient (Wildman–Crippen LogP) is 2.99. The SMILES string of the molecule is C[C@H](N[C@H]1CCCC[C@H]1O)c1ccc(NC(=O)C2CC2)cc1. The largest absolute Gasteiger partial charge is 0.392 e. The number of carbonyl (C=O) groups is 1. The van der Waals surface area contributed by atoms with Crippen molar-refractivity contribution in [1.82, 2.24) is 5.32 Å². The van der Waals surface area contributed by atoms with Crippen molar-refractivity contribution in [3.8, 4) is 0 Å². The third kappa shape index (κ3) is 3.87. The molecule has 0 saturated heterocycles. The molecule has 2 aliphatic carbocycles. The van der Waals surface area contributed by atoms with Crippen molar-refractivity contribution < 1.29 is 9.90 Å². The number of aliphatic hydroxyl groups is 1. The summed E-state index contributed by atoms with van der Waals surface area (Å²) in [6, 6.07) is 8.42. The molecule has 0 bridgehead atoms. The molecule has 0 radical (unpaired) electrons. The number of hydrogen-bond donors (Lipinski definition) is 3. The van der Waals surface area contributed by atoms with Gasteiger partial charge in [0.25, 0.3) is 0 Å². The number of nitrogens with one attached hydrogen (secondary N) is 2. The molecule has 2 aliphatic rings. The van der Waals surface area contributed by atoms with Crippen molar-refractivity contribution in [1.29, 1.82) is 0 Å². The summed E-state index contributed by atoms with van der Waals surface area (Å²) in [5.74, 6) is 0.373. The first-order chi connectivity index (χ1) is 10.6. The first-order valence-corrected chi connectivity index (χ1v) is 8.48. The van der Waals surface area contributed by atoms with Crippen LogP contribution in [0, 0.1) is 5.92 Å². The van der Waals surface area contributed by atoms with Gasteiger partial charge in [0.1, 0.15) is 0 Å². The number of rotatable bonds is 5. The lowest BCUT2D eigenvalue weighted by atomic mass is 9.91. The highest BCUT2D eigenvalue weighted by Gasteiger charge is 2.29. The van der Waals surface area contributed by atoms with Gasteiger partial charge in [-0.25, -0.2) is 0 Å². The van der Waals surface area contributed by atoms with Gasteiger partial charge >= 0.3 is 0 Å². The zero-order valence-corrected chi connectivity index (χ0v) is 13.2. The highest BCUT2D eigenvalue weighted by molar-refractivity contribution is 5.93. The second-order valence-corrected chi connectivity index (χ2v) is 6.73. The number of aliphatic hydroxyl groups excluding tert-OH is 1. The molecule has 1 amide bonds. The Morgan fingerprint density at radius 1 is 1.14 bits per heavy atom. The van der Waals surface area contributed by atoms with Gasteiger partial charge in [0.2, 0.25) is 5.91 Å². The Labute approximate surface area is 132 Å². The topological polar surface area (TPSA) is 61.4 Å². The molecule has 1 aromatic rings. The third-order valence-electron chi connectivity index (χ3n) is 4.82. The van der Waals surface area contributed by atoms with Gasteiger partial charge < -0.3 is 15.7 Å². The zero-order chi connectivity index (χ0) is 15.5. The fourth-order valence-corrected chi connectivity index (χ4v) is 3.17. The minimum Gasteiger partial charge on any atom is -0.392 e. The van der Waals surface area contributed by atoms with Crippen LogP contribution < -0.4 is 10.6 Å². The van der Waals surface area contributed by atoms with Gasteiger partial charge in [0.15, 0.2) is 0 Å². The number of anilines is 1. The first kappa shape index (κ1) is 15.5. The Morgan fingerprint density at radius 2 is 1.82 bits per heavy atom. The molecule has 0 aliphatic heterocycles. The summed E-state index contributed by atoms with van der Waals surface area (Å²) in [5.41, 5.74) is 2.05. The number of benzene rings is 1. The normalized spacial score (nSPS) is 26.5. The van der Waals surface area contributed by atoms with Crippen LogP contribution in [-0.2, 0) is 4.79 Å². The van der Waals surface area contributed by atoms with Crippen LogP contribution in [-0.4, -0.2) is 23.2 Å². The number of amides is 1. The molecule has 4 nitrogen and oxygen atoms in total. The summed E-state index contributed by atoms with van der Waals surface area (Å²) in [7, 11) is 0. The monoisotopic (exact) mass is 302 g/mol. The van der Waals surface area contributed by atoms with Crippen LogP contribution in [0.5, 0.6) is 0 Å². The minimum absolute atomic E-state index is 0.143. The molecule has 0 unspecified atom stereocenters. The number of hydrogen-bond acceptors (Lipinski definition) is 3. The van der Waals surface area contributed by atoms with Crippen LogP contribution in [0.25, 0.3) is 0 Å². The summed E-state index contributed by atoms with van der Waals surface area (Å²) in [5, 5.41) is 16.6. The fourth-order valence-electron chi connectivity index (χ4n) is 3.17. The van der Waals surface area contributed by atoms with E-state index in [0.717, 1.165) is 37.8 Å². The Kier molecular flexibility index (Phi) is 4.79. The summed E-state index contributed by atoms with van der Waals surface area (Å²) in [6.07, 6.45) is 6.07. The van der Waals surface area contributed by atoms with Gasteiger partial charge in [0, 0.05) is 23.7 Å². The lowest BCUT2D eigenvalue weighted by Gasteiger charge is -2.31. The van der Waals surface area contributed by atoms with Crippen molar-refractivity contribution in [3.63, 3.8) is 0 Å². The molecule has 22 heavy (non-hydrogen) atoms. The third-order valence-corrected chi connectivity index (χ3v) is 4.82. The van der Waals surface area contributed by atoms with E-state index in [1.807, 2.05) is 12.1 Å². The van der Waals surface area contributed by atoms with Crippen LogP contribution in [0.1, 0.15) is 57.1 Å². The maximum atomic E-state index is 11.7. The smallest absolute Gasteiger partial charge is 0.227 e. The van der Waals surface area contributed by atoms with Crippen LogP contribution in [0.15, 0.2) is 24.3 Å². The molecule has 1 aromatic carbocycles. The maximum absolute atomic E-state index is 11.7. The molecule has 4 heteroatoms. The van der Waals surface area contributed by atoms with E-state index < -0.39 is 0 Å². The van der Waals surface area contributed by atoms with Crippen molar-refractivity contribution in [2.24, 2.45) is 5.92 Å². The van der Waals surface area contributed by atoms with Gasteiger partial charge in [-0.1, -0.05) is 25.0 Å². The van der Waals surface area contributed by atoms with Gasteiger partial charge in [-0.05, 0) is 50.3 Å². The van der Waals surface area contributed by atoms with E-state index in [1.165, 1.54) is 12.0 Å². The lowest BCUT2D eigenvalue weighted by Crippen LogP contribution is -2.43. The maximum Gasteiger partial charge on any atom is 0.227 e. The zero-order valence-electron chi connectivity index (χ0n) is 13.2. The molecule has 2 saturated carbocycles. The van der Waals surface area contributed by atoms with Crippen LogP contribution in [0.4, 0.5) is 5.69 Å². The second-order valence-electron chi connectivity index (χ2n) is 6.73. The van der Waals surface area contributed by atoms with E-state index in [2.05, 4.69) is 29.7 Å². The average Bonchev–Trinajstić information content (AvgIpc) is 3.35. The van der Waals surface area contributed by atoms with E-state index in [1.54, 1.807) is 0 Å². The van der Waals surface area contributed by atoms with Gasteiger partial charge in [-0.2, -0.15) is 0 Å². The molecule has 120 valence electrons. The van der Waals surface area contributed by atoms with Crippen LogP contribution in [0.3, 0.4) is 0 Å². The Hall–Kier alpha value is -1.39. The highest BCUT2D eigenvalue weighted by atomic mass is 16.3. The fraction of sp³-hybridized carbons (Fsp3) is 0.611. The quantitative estimate of drug-likeness (QED) is 0.783. The molecule has 0 aromatic heterocycles. The minimum atomic E-state index is -0.228. The van der Waals surface area contributed by atoms with Crippen molar-refractivity contribution in [3.05, 3.63) is 29.8 Å². The summed E-state index contributed by atoms with van der Waals surface area (Å²) >= 11 is 0. The lowest BCUT2D eigenvalue weighted by molar-refractivity contribution is -0.117. The van der Waals surface area contributed by atoms with Crippen molar-refractivity contribution >= 4 is 11.6 Å². The van der Waals surface area contributed by atoms with E-state index in [4.69, 9.17) is 0 Å². The molecule has 2 fully saturated rings. The highest BCUT2D eigenvalue weighted by Crippen LogP contribution is 2.30. The Balaban J connectivity index is 1.55. The van der Waals surface area contributed by atoms with E-state index in [0.29, 0.717) is 0 Å². The summed E-state index contributed by atoms with van der Waals surface area (Å²) in [6.45, 7) is 2.12. The predicted molar refractivity (Wildman–Crippen MR) is 87.6 cm³/mol. The average molecular weight is 302 g/mol. The molecule has 3 N–H and O–H groups in total. The molecule has 0 heterocycles. The Morgan fingerprint density at radius 3 is 2.45 bits per heavy atom.